The molecule has 1 aromatic carbocycles. The minimum Gasteiger partial charge on any atom is -0.375 e. The van der Waals surface area contributed by atoms with Gasteiger partial charge in [-0.05, 0) is 30.0 Å². The van der Waals surface area contributed by atoms with Gasteiger partial charge < -0.3 is 15.6 Å². The highest BCUT2D eigenvalue weighted by molar-refractivity contribution is 6.07. The number of Topliss-reactive ketones (excluding diaryl/α,β-unsaturated/α-hetero) is 1. The van der Waals surface area contributed by atoms with Gasteiger partial charge in [0.05, 0.1) is 11.4 Å². The van der Waals surface area contributed by atoms with E-state index in [0.717, 1.165) is 0 Å². The first-order valence-corrected chi connectivity index (χ1v) is 8.96. The van der Waals surface area contributed by atoms with Crippen LogP contribution in [0.3, 0.4) is 0 Å². The van der Waals surface area contributed by atoms with E-state index < -0.39 is 24.2 Å². The third-order valence-electron chi connectivity index (χ3n) is 4.62. The first-order chi connectivity index (χ1) is 13.5. The second-order valence-corrected chi connectivity index (χ2v) is 7.81. The number of para-hydroxylation sites is 2. The zero-order valence-electron chi connectivity index (χ0n) is 15.9. The summed E-state index contributed by atoms with van der Waals surface area (Å²) >= 11 is 0. The Morgan fingerprint density at radius 3 is 2.45 bits per heavy atom. The summed E-state index contributed by atoms with van der Waals surface area (Å²) in [5.41, 5.74) is -0.302. The molecule has 1 amide bonds. The molecule has 0 aliphatic heterocycles. The van der Waals surface area contributed by atoms with E-state index >= 15 is 0 Å². The van der Waals surface area contributed by atoms with Crippen LogP contribution in [0.4, 0.5) is 24.5 Å². The highest BCUT2D eigenvalue weighted by Crippen LogP contribution is 2.33. The number of carbonyl (C=O) groups excluding carboxylic acids is 2. The molecule has 1 aliphatic rings. The fraction of sp³-hybridized carbons (Fsp3) is 0.350. The number of aromatic nitrogens is 1. The van der Waals surface area contributed by atoms with Gasteiger partial charge in [-0.2, -0.15) is 13.2 Å². The molecular formula is C20H20F3N3O3. The van der Waals surface area contributed by atoms with Crippen molar-refractivity contribution in [2.75, 3.05) is 17.2 Å². The number of pyridine rings is 1. The van der Waals surface area contributed by atoms with Crippen LogP contribution in [-0.2, 0) is 6.42 Å². The summed E-state index contributed by atoms with van der Waals surface area (Å²) in [4.78, 5) is 40.0. The number of anilines is 2. The lowest BCUT2D eigenvalue weighted by molar-refractivity contribution is -0.115. The van der Waals surface area contributed by atoms with E-state index in [9.17, 15) is 27.6 Å². The van der Waals surface area contributed by atoms with Gasteiger partial charge >= 0.3 is 6.18 Å². The molecule has 154 valence electrons. The van der Waals surface area contributed by atoms with Crippen LogP contribution in [0.5, 0.6) is 0 Å². The summed E-state index contributed by atoms with van der Waals surface area (Å²) in [5.74, 6) is -0.985. The predicted octanol–water partition coefficient (Wildman–Crippen LogP) is 3.76. The maximum atomic E-state index is 12.6. The Balaban J connectivity index is 1.87. The summed E-state index contributed by atoms with van der Waals surface area (Å²) in [6.45, 7) is 2.55. The van der Waals surface area contributed by atoms with E-state index in [-0.39, 0.29) is 40.1 Å². The van der Waals surface area contributed by atoms with Gasteiger partial charge in [-0.15, -0.1) is 0 Å². The second kappa shape index (κ2) is 7.38. The Morgan fingerprint density at radius 2 is 1.79 bits per heavy atom. The van der Waals surface area contributed by atoms with Crippen LogP contribution in [0.1, 0.15) is 46.7 Å². The molecule has 3 rings (SSSR count). The van der Waals surface area contributed by atoms with Crippen LogP contribution in [0.2, 0.25) is 0 Å². The van der Waals surface area contributed by atoms with Crippen LogP contribution in [0, 0.1) is 5.41 Å². The van der Waals surface area contributed by atoms with Crippen molar-refractivity contribution >= 4 is 23.1 Å². The quantitative estimate of drug-likeness (QED) is 0.720. The third-order valence-corrected chi connectivity index (χ3v) is 4.62. The molecule has 3 N–H and O–H groups in total. The molecule has 0 bridgehead atoms. The van der Waals surface area contributed by atoms with Gasteiger partial charge in [0.1, 0.15) is 12.1 Å². The van der Waals surface area contributed by atoms with Gasteiger partial charge in [0.2, 0.25) is 0 Å². The van der Waals surface area contributed by atoms with Crippen LogP contribution in [0.25, 0.3) is 0 Å². The van der Waals surface area contributed by atoms with E-state index in [0.29, 0.717) is 12.1 Å². The molecule has 0 atom stereocenters. The molecule has 1 aromatic heterocycles. The number of alkyl halides is 3. The molecule has 0 fully saturated rings. The van der Waals surface area contributed by atoms with Crippen LogP contribution < -0.4 is 16.2 Å². The van der Waals surface area contributed by atoms with Gasteiger partial charge in [0.15, 0.2) is 5.78 Å². The number of halogens is 3. The van der Waals surface area contributed by atoms with Gasteiger partial charge in [-0.1, -0.05) is 26.0 Å². The first-order valence-electron chi connectivity index (χ1n) is 8.96. The summed E-state index contributed by atoms with van der Waals surface area (Å²) in [5, 5.41) is 4.65. The van der Waals surface area contributed by atoms with Crippen molar-refractivity contribution in [3.05, 3.63) is 57.5 Å². The van der Waals surface area contributed by atoms with Crippen molar-refractivity contribution in [2.24, 2.45) is 5.41 Å². The number of fused-ring (bicyclic) bond motifs is 1. The van der Waals surface area contributed by atoms with Gasteiger partial charge in [0, 0.05) is 17.7 Å². The maximum Gasteiger partial charge on any atom is 0.405 e. The molecule has 0 unspecified atom stereocenters. The fourth-order valence-corrected chi connectivity index (χ4v) is 3.33. The van der Waals surface area contributed by atoms with Crippen LogP contribution >= 0.6 is 0 Å². The average Bonchev–Trinajstić information content (AvgIpc) is 2.58. The molecule has 0 radical (unpaired) electrons. The largest absolute Gasteiger partial charge is 0.405 e. The molecular weight excluding hydrogens is 387 g/mol. The summed E-state index contributed by atoms with van der Waals surface area (Å²) in [7, 11) is 0. The highest BCUT2D eigenvalue weighted by Gasteiger charge is 2.33. The fourth-order valence-electron chi connectivity index (χ4n) is 3.33. The van der Waals surface area contributed by atoms with Crippen molar-refractivity contribution < 1.29 is 22.8 Å². The van der Waals surface area contributed by atoms with E-state index in [1.807, 2.05) is 13.8 Å². The Morgan fingerprint density at radius 1 is 1.14 bits per heavy atom. The smallest absolute Gasteiger partial charge is 0.375 e. The number of hydrogen-bond acceptors (Lipinski definition) is 4. The Labute approximate surface area is 164 Å². The molecule has 1 aliphatic carbocycles. The molecule has 6 nitrogen and oxygen atoms in total. The number of nitrogens with one attached hydrogen (secondary N) is 3. The van der Waals surface area contributed by atoms with E-state index in [1.165, 1.54) is 30.3 Å². The van der Waals surface area contributed by atoms with Crippen molar-refractivity contribution in [3.8, 4) is 0 Å². The van der Waals surface area contributed by atoms with Crippen molar-refractivity contribution in [2.45, 2.75) is 32.9 Å². The normalized spacial score (nSPS) is 15.6. The number of H-pyrrole nitrogens is 1. The molecule has 29 heavy (non-hydrogen) atoms. The third kappa shape index (κ3) is 4.85. The topological polar surface area (TPSA) is 91.1 Å². The summed E-state index contributed by atoms with van der Waals surface area (Å²) < 4.78 is 37.4. The minimum absolute atomic E-state index is 0.0605. The molecule has 0 saturated heterocycles. The van der Waals surface area contributed by atoms with Crippen LogP contribution in [0.15, 0.2) is 35.1 Å². The van der Waals surface area contributed by atoms with E-state index in [2.05, 4.69) is 15.6 Å². The van der Waals surface area contributed by atoms with Crippen molar-refractivity contribution in [1.29, 1.82) is 0 Å². The van der Waals surface area contributed by atoms with Gasteiger partial charge in [-0.3, -0.25) is 14.4 Å². The average molecular weight is 407 g/mol. The van der Waals surface area contributed by atoms with E-state index in [1.54, 1.807) is 0 Å². The zero-order chi connectivity index (χ0) is 21.4. The molecule has 0 saturated carbocycles. The number of rotatable bonds is 4. The lowest BCUT2D eigenvalue weighted by Crippen LogP contribution is -2.33. The second-order valence-electron chi connectivity index (χ2n) is 7.81. The van der Waals surface area contributed by atoms with Gasteiger partial charge in [0.25, 0.3) is 11.5 Å². The number of benzene rings is 1. The molecule has 2 aromatic rings. The SMILES string of the molecule is CC1(C)CC(=O)c2cc(C(=O)Nc3ccccc3NCC(F)(F)F)c(=O)[nH]c2C1. The number of aromatic amines is 1. The van der Waals surface area contributed by atoms with Crippen molar-refractivity contribution in [3.63, 3.8) is 0 Å². The predicted molar refractivity (Wildman–Crippen MR) is 102 cm³/mol. The lowest BCUT2D eigenvalue weighted by atomic mass is 9.75. The number of hydrogen-bond donors (Lipinski definition) is 3. The number of carbonyl (C=O) groups is 2. The Hall–Kier alpha value is -3.10. The maximum absolute atomic E-state index is 12.6. The van der Waals surface area contributed by atoms with Crippen molar-refractivity contribution in [1.82, 2.24) is 4.98 Å². The minimum atomic E-state index is -4.43. The highest BCUT2D eigenvalue weighted by atomic mass is 19.4. The molecule has 0 spiro atoms. The van der Waals surface area contributed by atoms with Crippen LogP contribution in [-0.4, -0.2) is 29.4 Å². The Kier molecular flexibility index (Phi) is 5.25. The summed E-state index contributed by atoms with van der Waals surface area (Å²) in [6, 6.07) is 7.10. The Bertz CT molecular complexity index is 1030. The lowest BCUT2D eigenvalue weighted by Gasteiger charge is -2.29. The zero-order valence-corrected chi connectivity index (χ0v) is 15.9. The number of amides is 1. The monoisotopic (exact) mass is 407 g/mol. The number of ketones is 1. The van der Waals surface area contributed by atoms with Gasteiger partial charge in [-0.25, -0.2) is 0 Å². The first kappa shape index (κ1) is 20.6. The standard InChI is InChI=1S/C20H20F3N3O3/c1-19(2)8-15-11(16(27)9-19)7-12(18(29)26-15)17(28)25-14-6-4-3-5-13(14)24-10-20(21,22)23/h3-7,24H,8-10H2,1-2H3,(H,25,28)(H,26,29). The molecule has 9 heteroatoms. The molecule has 1 heterocycles. The summed E-state index contributed by atoms with van der Waals surface area (Å²) in [6.07, 6.45) is -3.65. The van der Waals surface area contributed by atoms with E-state index in [4.69, 9.17) is 0 Å².